The molecule has 1 aliphatic carbocycles. The van der Waals surface area contributed by atoms with Crippen LogP contribution in [0.15, 0.2) is 29.4 Å². The van der Waals surface area contributed by atoms with Crippen molar-refractivity contribution in [1.82, 2.24) is 19.7 Å². The van der Waals surface area contributed by atoms with E-state index in [9.17, 15) is 9.18 Å². The Morgan fingerprint density at radius 3 is 2.92 bits per heavy atom. The quantitative estimate of drug-likeness (QED) is 0.748. The van der Waals surface area contributed by atoms with E-state index in [4.69, 9.17) is 0 Å². The van der Waals surface area contributed by atoms with Crippen molar-refractivity contribution in [2.45, 2.75) is 29.3 Å². The molecule has 0 N–H and O–H groups in total. The summed E-state index contributed by atoms with van der Waals surface area (Å²) in [6, 6.07) is 6.70. The van der Waals surface area contributed by atoms with E-state index in [-0.39, 0.29) is 17.1 Å². The fraction of sp³-hybridized carbons (Fsp3) is 0.471. The minimum absolute atomic E-state index is 0.0132. The lowest BCUT2D eigenvalue weighted by Crippen LogP contribution is -2.32. The highest BCUT2D eigenvalue weighted by Gasteiger charge is 2.33. The molecular weight excluding hydrogens is 359 g/mol. The molecule has 0 bridgehead atoms. The van der Waals surface area contributed by atoms with Crippen molar-refractivity contribution in [3.05, 3.63) is 41.5 Å². The van der Waals surface area contributed by atoms with E-state index in [0.29, 0.717) is 23.8 Å². The Bertz CT molecular complexity index is 793. The summed E-state index contributed by atoms with van der Waals surface area (Å²) in [5.41, 5.74) is 0.582. The van der Waals surface area contributed by atoms with Gasteiger partial charge in [0.25, 0.3) is 0 Å². The molecule has 2 fully saturated rings. The number of carbonyl (C=O) groups is 1. The molecule has 1 saturated heterocycles. The number of nitrogens with zero attached hydrogens (tertiary/aromatic N) is 4. The van der Waals surface area contributed by atoms with E-state index in [1.54, 1.807) is 28.8 Å². The van der Waals surface area contributed by atoms with Crippen LogP contribution in [0.25, 0.3) is 0 Å². The molecule has 25 heavy (non-hydrogen) atoms. The standard InChI is InChI=1S/C17H19FN4OS2/c1-21-15(11-6-7-11)19-20-17(21)25-10-14(23)22-8-9-24-16(22)12-4-2-3-5-13(12)18/h2-5,11,16H,6-10H2,1H3. The molecule has 1 unspecified atom stereocenters. The van der Waals surface area contributed by atoms with Gasteiger partial charge in [-0.1, -0.05) is 30.0 Å². The molecule has 2 aliphatic rings. The van der Waals surface area contributed by atoms with Crippen LogP contribution in [0.1, 0.15) is 35.5 Å². The summed E-state index contributed by atoms with van der Waals surface area (Å²) in [5.74, 6) is 2.42. The zero-order valence-electron chi connectivity index (χ0n) is 13.9. The van der Waals surface area contributed by atoms with Gasteiger partial charge in [0.15, 0.2) is 5.16 Å². The largest absolute Gasteiger partial charge is 0.325 e. The Hall–Kier alpha value is -1.54. The number of halogens is 1. The van der Waals surface area contributed by atoms with Gasteiger partial charge in [-0.15, -0.1) is 22.0 Å². The lowest BCUT2D eigenvalue weighted by Gasteiger charge is -2.24. The molecule has 2 aromatic rings. The third-order valence-electron chi connectivity index (χ3n) is 4.52. The number of benzene rings is 1. The van der Waals surface area contributed by atoms with Gasteiger partial charge < -0.3 is 9.47 Å². The molecule has 132 valence electrons. The average molecular weight is 378 g/mol. The van der Waals surface area contributed by atoms with Gasteiger partial charge >= 0.3 is 0 Å². The summed E-state index contributed by atoms with van der Waals surface area (Å²) in [6.45, 7) is 0.648. The molecule has 1 amide bonds. The summed E-state index contributed by atoms with van der Waals surface area (Å²) >= 11 is 3.01. The van der Waals surface area contributed by atoms with E-state index in [1.807, 2.05) is 17.7 Å². The number of hydrogen-bond acceptors (Lipinski definition) is 5. The van der Waals surface area contributed by atoms with Gasteiger partial charge in [0.1, 0.15) is 17.0 Å². The maximum Gasteiger partial charge on any atom is 0.234 e. The molecule has 0 spiro atoms. The van der Waals surface area contributed by atoms with E-state index in [2.05, 4.69) is 10.2 Å². The second-order valence-corrected chi connectivity index (χ2v) is 8.43. The zero-order valence-corrected chi connectivity index (χ0v) is 15.5. The van der Waals surface area contributed by atoms with Crippen molar-refractivity contribution in [3.8, 4) is 0 Å². The minimum Gasteiger partial charge on any atom is -0.325 e. The Labute approximate surface area is 154 Å². The minimum atomic E-state index is -0.255. The molecule has 1 atom stereocenters. The summed E-state index contributed by atoms with van der Waals surface area (Å²) in [5, 5.41) is 8.98. The Balaban J connectivity index is 1.43. The molecule has 4 rings (SSSR count). The first-order valence-electron chi connectivity index (χ1n) is 8.32. The second-order valence-electron chi connectivity index (χ2n) is 6.29. The lowest BCUT2D eigenvalue weighted by atomic mass is 10.2. The highest BCUT2D eigenvalue weighted by molar-refractivity contribution is 8.00. The van der Waals surface area contributed by atoms with E-state index in [1.165, 1.54) is 30.7 Å². The van der Waals surface area contributed by atoms with Gasteiger partial charge in [0, 0.05) is 30.8 Å². The number of hydrogen-bond donors (Lipinski definition) is 0. The predicted molar refractivity (Wildman–Crippen MR) is 97.0 cm³/mol. The topological polar surface area (TPSA) is 51.0 Å². The van der Waals surface area contributed by atoms with Crippen LogP contribution >= 0.6 is 23.5 Å². The fourth-order valence-corrected chi connectivity index (χ4v) is 5.12. The van der Waals surface area contributed by atoms with Crippen LogP contribution in [-0.4, -0.2) is 43.6 Å². The Morgan fingerprint density at radius 2 is 2.16 bits per heavy atom. The van der Waals surface area contributed by atoms with Crippen molar-refractivity contribution in [1.29, 1.82) is 0 Å². The molecule has 1 aromatic carbocycles. The average Bonchev–Trinajstić information content (AvgIpc) is 3.21. The van der Waals surface area contributed by atoms with Gasteiger partial charge in [-0.25, -0.2) is 4.39 Å². The number of amides is 1. The number of thioether (sulfide) groups is 2. The van der Waals surface area contributed by atoms with Crippen molar-refractivity contribution in [3.63, 3.8) is 0 Å². The highest BCUT2D eigenvalue weighted by Crippen LogP contribution is 2.41. The van der Waals surface area contributed by atoms with Gasteiger partial charge in [-0.05, 0) is 18.9 Å². The summed E-state index contributed by atoms with van der Waals surface area (Å²) in [7, 11) is 1.95. The summed E-state index contributed by atoms with van der Waals surface area (Å²) in [4.78, 5) is 14.5. The molecule has 8 heteroatoms. The van der Waals surface area contributed by atoms with Crippen molar-refractivity contribution in [2.24, 2.45) is 7.05 Å². The highest BCUT2D eigenvalue weighted by atomic mass is 32.2. The molecule has 0 radical (unpaired) electrons. The van der Waals surface area contributed by atoms with Gasteiger partial charge in [0.05, 0.1) is 5.75 Å². The normalized spacial score (nSPS) is 20.2. The summed E-state index contributed by atoms with van der Waals surface area (Å²) in [6.07, 6.45) is 2.34. The first-order chi connectivity index (χ1) is 12.1. The molecular formula is C17H19FN4OS2. The zero-order chi connectivity index (χ0) is 17.4. The van der Waals surface area contributed by atoms with E-state index in [0.717, 1.165) is 16.7 Å². The van der Waals surface area contributed by atoms with Crippen molar-refractivity contribution in [2.75, 3.05) is 18.1 Å². The third kappa shape index (κ3) is 3.42. The first-order valence-corrected chi connectivity index (χ1v) is 10.4. The van der Waals surface area contributed by atoms with Crippen LogP contribution in [0, 0.1) is 5.82 Å². The van der Waals surface area contributed by atoms with Crippen LogP contribution in [0.5, 0.6) is 0 Å². The Kier molecular flexibility index (Phi) is 4.73. The first kappa shape index (κ1) is 16.9. The van der Waals surface area contributed by atoms with Crippen LogP contribution < -0.4 is 0 Å². The predicted octanol–water partition coefficient (Wildman–Crippen LogP) is 3.20. The fourth-order valence-electron chi connectivity index (χ4n) is 3.02. The Morgan fingerprint density at radius 1 is 1.36 bits per heavy atom. The monoisotopic (exact) mass is 378 g/mol. The molecule has 1 saturated carbocycles. The SMILES string of the molecule is Cn1c(SCC(=O)N2CCSC2c2ccccc2F)nnc1C1CC1. The molecule has 1 aliphatic heterocycles. The van der Waals surface area contributed by atoms with Gasteiger partial charge in [-0.2, -0.15) is 0 Å². The smallest absolute Gasteiger partial charge is 0.234 e. The van der Waals surface area contributed by atoms with Gasteiger partial charge in [0.2, 0.25) is 5.91 Å². The second kappa shape index (κ2) is 6.99. The van der Waals surface area contributed by atoms with Crippen molar-refractivity contribution >= 4 is 29.4 Å². The molecule has 5 nitrogen and oxygen atoms in total. The van der Waals surface area contributed by atoms with Crippen LogP contribution in [0.3, 0.4) is 0 Å². The van der Waals surface area contributed by atoms with Crippen molar-refractivity contribution < 1.29 is 9.18 Å². The van der Waals surface area contributed by atoms with Crippen LogP contribution in [0.2, 0.25) is 0 Å². The van der Waals surface area contributed by atoms with Crippen LogP contribution in [-0.2, 0) is 11.8 Å². The van der Waals surface area contributed by atoms with E-state index >= 15 is 0 Å². The number of rotatable bonds is 5. The third-order valence-corrected chi connectivity index (χ3v) is 6.77. The molecule has 1 aromatic heterocycles. The van der Waals surface area contributed by atoms with E-state index < -0.39 is 0 Å². The number of aromatic nitrogens is 3. The lowest BCUT2D eigenvalue weighted by molar-refractivity contribution is -0.128. The maximum absolute atomic E-state index is 14.1. The van der Waals surface area contributed by atoms with Crippen LogP contribution in [0.4, 0.5) is 4.39 Å². The molecule has 2 heterocycles. The number of carbonyl (C=O) groups excluding carboxylic acids is 1. The maximum atomic E-state index is 14.1. The summed E-state index contributed by atoms with van der Waals surface area (Å²) < 4.78 is 16.1. The van der Waals surface area contributed by atoms with Gasteiger partial charge in [-0.3, -0.25) is 4.79 Å².